The molecule has 1 aliphatic rings. The first-order valence-electron chi connectivity index (χ1n) is 5.09. The van der Waals surface area contributed by atoms with Crippen LogP contribution in [0.5, 0.6) is 0 Å². The zero-order valence-electron chi connectivity index (χ0n) is 8.77. The maximum Gasteiger partial charge on any atom is 0.0875 e. The summed E-state index contributed by atoms with van der Waals surface area (Å²) in [4.78, 5) is 0. The summed E-state index contributed by atoms with van der Waals surface area (Å²) in [5.41, 5.74) is 3.71. The lowest BCUT2D eigenvalue weighted by atomic mass is 10.3. The van der Waals surface area contributed by atoms with Gasteiger partial charge in [0.05, 0.1) is 18.9 Å². The quantitative estimate of drug-likeness (QED) is 0.684. The van der Waals surface area contributed by atoms with E-state index in [4.69, 9.17) is 4.74 Å². The van der Waals surface area contributed by atoms with Crippen LogP contribution in [0.15, 0.2) is 39.1 Å². The molecule has 2 rings (SSSR count). The molecule has 0 saturated carbocycles. The first-order valence-corrected chi connectivity index (χ1v) is 5.88. The summed E-state index contributed by atoms with van der Waals surface area (Å²) in [7, 11) is 0. The molecule has 0 spiro atoms. The van der Waals surface area contributed by atoms with E-state index < -0.39 is 0 Å². The largest absolute Gasteiger partial charge is 0.379 e. The van der Waals surface area contributed by atoms with Crippen LogP contribution >= 0.6 is 15.9 Å². The highest BCUT2D eigenvalue weighted by atomic mass is 79.9. The SMILES string of the molecule is Brc1ccc(N=NNN2CCOCC2)cc1. The number of hydrogen-bond donors (Lipinski definition) is 1. The molecule has 0 atom stereocenters. The van der Waals surface area contributed by atoms with Crippen LogP contribution in [0, 0.1) is 0 Å². The fourth-order valence-electron chi connectivity index (χ4n) is 1.31. The Morgan fingerprint density at radius 2 is 1.88 bits per heavy atom. The molecule has 0 bridgehead atoms. The molecule has 0 unspecified atom stereocenters. The van der Waals surface area contributed by atoms with Crippen LogP contribution in [0.4, 0.5) is 5.69 Å². The molecule has 1 saturated heterocycles. The van der Waals surface area contributed by atoms with Crippen molar-refractivity contribution >= 4 is 21.6 Å². The average molecular weight is 285 g/mol. The normalized spacial score (nSPS) is 17.8. The molecule has 16 heavy (non-hydrogen) atoms. The van der Waals surface area contributed by atoms with Crippen molar-refractivity contribution in [3.05, 3.63) is 28.7 Å². The highest BCUT2D eigenvalue weighted by molar-refractivity contribution is 9.10. The Kier molecular flexibility index (Phi) is 4.26. The van der Waals surface area contributed by atoms with Gasteiger partial charge in [0, 0.05) is 17.6 Å². The second-order valence-electron chi connectivity index (χ2n) is 3.38. The summed E-state index contributed by atoms with van der Waals surface area (Å²) < 4.78 is 6.25. The summed E-state index contributed by atoms with van der Waals surface area (Å²) in [6.07, 6.45) is 0. The summed E-state index contributed by atoms with van der Waals surface area (Å²) in [6, 6.07) is 7.66. The molecule has 0 amide bonds. The third-order valence-corrected chi connectivity index (χ3v) is 2.72. The number of rotatable bonds is 3. The fraction of sp³-hybridized carbons (Fsp3) is 0.400. The molecule has 1 aliphatic heterocycles. The molecule has 6 heteroatoms. The Hall–Kier alpha value is -0.980. The maximum absolute atomic E-state index is 5.22. The van der Waals surface area contributed by atoms with Gasteiger partial charge in [0.2, 0.25) is 0 Å². The van der Waals surface area contributed by atoms with Crippen molar-refractivity contribution in [2.75, 3.05) is 26.3 Å². The zero-order valence-corrected chi connectivity index (χ0v) is 10.4. The summed E-state index contributed by atoms with van der Waals surface area (Å²) in [6.45, 7) is 3.14. The minimum atomic E-state index is 0.737. The molecule has 0 radical (unpaired) electrons. The van der Waals surface area contributed by atoms with Gasteiger partial charge in [-0.15, -0.1) is 5.11 Å². The molecule has 1 heterocycles. The van der Waals surface area contributed by atoms with E-state index in [-0.39, 0.29) is 0 Å². The molecular formula is C10H13BrN4O. The Balaban J connectivity index is 1.82. The summed E-state index contributed by atoms with van der Waals surface area (Å²) in [5.74, 6) is 0. The molecule has 1 N–H and O–H groups in total. The van der Waals surface area contributed by atoms with Crippen molar-refractivity contribution in [3.8, 4) is 0 Å². The van der Waals surface area contributed by atoms with E-state index in [2.05, 4.69) is 31.8 Å². The highest BCUT2D eigenvalue weighted by Crippen LogP contribution is 2.16. The number of morpholine rings is 1. The number of halogens is 1. The molecular weight excluding hydrogens is 272 g/mol. The van der Waals surface area contributed by atoms with Gasteiger partial charge in [-0.3, -0.25) is 0 Å². The van der Waals surface area contributed by atoms with Crippen molar-refractivity contribution in [3.63, 3.8) is 0 Å². The van der Waals surface area contributed by atoms with Gasteiger partial charge < -0.3 is 4.74 Å². The Morgan fingerprint density at radius 3 is 2.56 bits per heavy atom. The number of ether oxygens (including phenoxy) is 1. The lowest BCUT2D eigenvalue weighted by Crippen LogP contribution is -2.43. The van der Waals surface area contributed by atoms with E-state index in [1.807, 2.05) is 29.3 Å². The van der Waals surface area contributed by atoms with E-state index in [1.54, 1.807) is 0 Å². The molecule has 1 aromatic carbocycles. The number of hydrazine groups is 1. The van der Waals surface area contributed by atoms with E-state index in [0.717, 1.165) is 36.5 Å². The lowest BCUT2D eigenvalue weighted by Gasteiger charge is -2.24. The number of hydrogen-bond acceptors (Lipinski definition) is 4. The molecule has 0 aromatic heterocycles. The predicted octanol–water partition coefficient (Wildman–Crippen LogP) is 2.28. The highest BCUT2D eigenvalue weighted by Gasteiger charge is 2.07. The number of nitrogens with one attached hydrogen (secondary N) is 1. The first kappa shape index (κ1) is 11.5. The smallest absolute Gasteiger partial charge is 0.0875 e. The fourth-order valence-corrected chi connectivity index (χ4v) is 1.58. The standard InChI is InChI=1S/C10H13BrN4O/c11-9-1-3-10(4-2-9)12-13-14-15-5-7-16-8-6-15/h1-4H,5-8H2,(H,12,14). The van der Waals surface area contributed by atoms with E-state index in [1.165, 1.54) is 0 Å². The molecule has 1 fully saturated rings. The van der Waals surface area contributed by atoms with Crippen LogP contribution in [-0.2, 0) is 4.74 Å². The Morgan fingerprint density at radius 1 is 1.19 bits per heavy atom. The van der Waals surface area contributed by atoms with Gasteiger partial charge in [-0.1, -0.05) is 21.2 Å². The third-order valence-electron chi connectivity index (χ3n) is 2.19. The third kappa shape index (κ3) is 3.55. The Bertz CT molecular complexity index is 348. The van der Waals surface area contributed by atoms with E-state index in [0.29, 0.717) is 0 Å². The average Bonchev–Trinajstić information content (AvgIpc) is 2.33. The van der Waals surface area contributed by atoms with Crippen LogP contribution in [0.2, 0.25) is 0 Å². The predicted molar refractivity (Wildman–Crippen MR) is 64.2 cm³/mol. The second kappa shape index (κ2) is 5.93. The van der Waals surface area contributed by atoms with Gasteiger partial charge in [-0.2, -0.15) is 0 Å². The van der Waals surface area contributed by atoms with Crippen molar-refractivity contribution in [2.24, 2.45) is 10.3 Å². The van der Waals surface area contributed by atoms with Crippen molar-refractivity contribution < 1.29 is 4.74 Å². The van der Waals surface area contributed by atoms with Crippen LogP contribution in [0.1, 0.15) is 0 Å². The lowest BCUT2D eigenvalue weighted by molar-refractivity contribution is 0.0110. The van der Waals surface area contributed by atoms with Gasteiger partial charge >= 0.3 is 0 Å². The van der Waals surface area contributed by atoms with Gasteiger partial charge in [0.15, 0.2) is 0 Å². The zero-order chi connectivity index (χ0) is 11.2. The van der Waals surface area contributed by atoms with Crippen LogP contribution < -0.4 is 5.53 Å². The van der Waals surface area contributed by atoms with Crippen molar-refractivity contribution in [1.29, 1.82) is 0 Å². The molecule has 5 nitrogen and oxygen atoms in total. The molecule has 0 aliphatic carbocycles. The van der Waals surface area contributed by atoms with E-state index in [9.17, 15) is 0 Å². The molecule has 86 valence electrons. The monoisotopic (exact) mass is 284 g/mol. The van der Waals surface area contributed by atoms with Gasteiger partial charge in [0.25, 0.3) is 0 Å². The maximum atomic E-state index is 5.22. The topological polar surface area (TPSA) is 49.2 Å². The minimum Gasteiger partial charge on any atom is -0.379 e. The first-order chi connectivity index (χ1) is 7.84. The Labute approximate surface area is 103 Å². The summed E-state index contributed by atoms with van der Waals surface area (Å²) >= 11 is 3.37. The van der Waals surface area contributed by atoms with Gasteiger partial charge in [-0.05, 0) is 24.3 Å². The van der Waals surface area contributed by atoms with Crippen molar-refractivity contribution in [1.82, 2.24) is 10.5 Å². The minimum absolute atomic E-state index is 0.737. The second-order valence-corrected chi connectivity index (χ2v) is 4.29. The summed E-state index contributed by atoms with van der Waals surface area (Å²) in [5, 5.41) is 9.96. The number of benzene rings is 1. The van der Waals surface area contributed by atoms with Crippen LogP contribution in [0.25, 0.3) is 0 Å². The van der Waals surface area contributed by atoms with Crippen molar-refractivity contribution in [2.45, 2.75) is 0 Å². The number of nitrogens with zero attached hydrogens (tertiary/aromatic N) is 3. The van der Waals surface area contributed by atoms with E-state index >= 15 is 0 Å². The van der Waals surface area contributed by atoms with Crippen LogP contribution in [0.3, 0.4) is 0 Å². The van der Waals surface area contributed by atoms with Gasteiger partial charge in [0.1, 0.15) is 0 Å². The van der Waals surface area contributed by atoms with Crippen LogP contribution in [-0.4, -0.2) is 31.3 Å². The van der Waals surface area contributed by atoms with Gasteiger partial charge in [-0.25, -0.2) is 10.5 Å². The molecule has 1 aromatic rings.